The maximum absolute atomic E-state index is 6.09. The molecule has 2 aromatic rings. The molecule has 100 valence electrons. The molecule has 1 aliphatic carbocycles. The molecule has 1 aromatic heterocycles. The van der Waals surface area contributed by atoms with Crippen molar-refractivity contribution in [2.45, 2.75) is 25.4 Å². The maximum Gasteiger partial charge on any atom is 0.148 e. The van der Waals surface area contributed by atoms with Gasteiger partial charge >= 0.3 is 0 Å². The van der Waals surface area contributed by atoms with Crippen LogP contribution in [0.1, 0.15) is 30.3 Å². The monoisotopic (exact) mass is 388 g/mol. The Morgan fingerprint density at radius 3 is 2.74 bits per heavy atom. The first-order chi connectivity index (χ1) is 9.20. The summed E-state index contributed by atoms with van der Waals surface area (Å²) in [6, 6.07) is 7.78. The van der Waals surface area contributed by atoms with Gasteiger partial charge in [-0.3, -0.25) is 0 Å². The van der Waals surface area contributed by atoms with Crippen molar-refractivity contribution >= 4 is 34.2 Å². The summed E-state index contributed by atoms with van der Waals surface area (Å²) in [5.41, 5.74) is 2.38. The SMILES string of the molecule is COC1CCCc2c1oc(-c1ccc(Cl)cc1)c2I. The molecular weight excluding hydrogens is 375 g/mol. The second-order valence-electron chi connectivity index (χ2n) is 4.71. The van der Waals surface area contributed by atoms with Gasteiger partial charge in [0.2, 0.25) is 0 Å². The van der Waals surface area contributed by atoms with E-state index in [1.807, 2.05) is 24.3 Å². The highest BCUT2D eigenvalue weighted by Gasteiger charge is 2.28. The number of hydrogen-bond acceptors (Lipinski definition) is 2. The molecular formula is C15H14ClIO2. The van der Waals surface area contributed by atoms with Crippen molar-refractivity contribution in [3.8, 4) is 11.3 Å². The first-order valence-electron chi connectivity index (χ1n) is 6.30. The van der Waals surface area contributed by atoms with Crippen LogP contribution in [0.15, 0.2) is 28.7 Å². The van der Waals surface area contributed by atoms with Crippen molar-refractivity contribution in [1.82, 2.24) is 0 Å². The largest absolute Gasteiger partial charge is 0.457 e. The van der Waals surface area contributed by atoms with Gasteiger partial charge in [0.1, 0.15) is 17.6 Å². The molecule has 0 fully saturated rings. The standard InChI is InChI=1S/C15H14ClIO2/c1-18-12-4-2-3-11-13(17)14(19-15(11)12)9-5-7-10(16)8-6-9/h5-8,12H,2-4H2,1H3. The molecule has 0 saturated carbocycles. The van der Waals surface area contributed by atoms with Crippen LogP contribution in [0.2, 0.25) is 5.02 Å². The molecule has 0 saturated heterocycles. The van der Waals surface area contributed by atoms with Crippen LogP contribution in [0.3, 0.4) is 0 Å². The van der Waals surface area contributed by atoms with Gasteiger partial charge in [-0.05, 0) is 66.1 Å². The third kappa shape index (κ3) is 2.43. The summed E-state index contributed by atoms with van der Waals surface area (Å²) in [5, 5.41) is 0.741. The molecule has 1 aliphatic rings. The van der Waals surface area contributed by atoms with Gasteiger partial charge in [-0.25, -0.2) is 0 Å². The molecule has 0 spiro atoms. The number of methoxy groups -OCH3 is 1. The van der Waals surface area contributed by atoms with E-state index in [0.29, 0.717) is 0 Å². The Hall–Kier alpha value is -0.520. The minimum atomic E-state index is 0.0957. The highest BCUT2D eigenvalue weighted by Crippen LogP contribution is 2.41. The van der Waals surface area contributed by atoms with Gasteiger partial charge < -0.3 is 9.15 Å². The molecule has 1 heterocycles. The summed E-state index contributed by atoms with van der Waals surface area (Å²) in [5.74, 6) is 1.94. The normalized spacial score (nSPS) is 18.4. The molecule has 0 N–H and O–H groups in total. The van der Waals surface area contributed by atoms with Crippen molar-refractivity contribution in [3.63, 3.8) is 0 Å². The van der Waals surface area contributed by atoms with Crippen molar-refractivity contribution in [1.29, 1.82) is 0 Å². The molecule has 3 rings (SSSR count). The summed E-state index contributed by atoms with van der Waals surface area (Å²) < 4.78 is 12.8. The number of hydrogen-bond donors (Lipinski definition) is 0. The lowest BCUT2D eigenvalue weighted by Gasteiger charge is -2.19. The summed E-state index contributed by atoms with van der Waals surface area (Å²) in [6.07, 6.45) is 3.36. The van der Waals surface area contributed by atoms with E-state index in [9.17, 15) is 0 Å². The third-order valence-corrected chi connectivity index (χ3v) is 4.94. The van der Waals surface area contributed by atoms with Crippen LogP contribution in [-0.4, -0.2) is 7.11 Å². The molecule has 0 aliphatic heterocycles. The highest BCUT2D eigenvalue weighted by molar-refractivity contribution is 14.1. The van der Waals surface area contributed by atoms with E-state index in [2.05, 4.69) is 22.6 Å². The van der Waals surface area contributed by atoms with Crippen LogP contribution >= 0.6 is 34.2 Å². The Morgan fingerprint density at radius 2 is 2.05 bits per heavy atom. The van der Waals surface area contributed by atoms with Gasteiger partial charge in [-0.1, -0.05) is 11.6 Å². The van der Waals surface area contributed by atoms with E-state index in [1.54, 1.807) is 7.11 Å². The van der Waals surface area contributed by atoms with Gasteiger partial charge in [-0.2, -0.15) is 0 Å². The second kappa shape index (κ2) is 5.46. The third-order valence-electron chi connectivity index (χ3n) is 3.55. The van der Waals surface area contributed by atoms with Crippen molar-refractivity contribution in [3.05, 3.63) is 44.2 Å². The van der Waals surface area contributed by atoms with Gasteiger partial charge in [0.15, 0.2) is 0 Å². The number of benzene rings is 1. The van der Waals surface area contributed by atoms with Crippen molar-refractivity contribution in [2.24, 2.45) is 0 Å². The van der Waals surface area contributed by atoms with E-state index in [4.69, 9.17) is 20.8 Å². The molecule has 1 unspecified atom stereocenters. The van der Waals surface area contributed by atoms with Crippen LogP contribution in [0.25, 0.3) is 11.3 Å². The molecule has 1 aromatic carbocycles. The Balaban J connectivity index is 2.08. The van der Waals surface area contributed by atoms with Crippen molar-refractivity contribution in [2.75, 3.05) is 7.11 Å². The first-order valence-corrected chi connectivity index (χ1v) is 7.76. The lowest BCUT2D eigenvalue weighted by atomic mass is 9.96. The summed E-state index contributed by atoms with van der Waals surface area (Å²) in [4.78, 5) is 0. The van der Waals surface area contributed by atoms with Crippen molar-refractivity contribution < 1.29 is 9.15 Å². The van der Waals surface area contributed by atoms with Crippen LogP contribution in [0, 0.1) is 3.57 Å². The topological polar surface area (TPSA) is 22.4 Å². The van der Waals surface area contributed by atoms with Crippen LogP contribution in [0.4, 0.5) is 0 Å². The number of furan rings is 1. The Labute approximate surface area is 131 Å². The summed E-state index contributed by atoms with van der Waals surface area (Å²) >= 11 is 8.31. The van der Waals surface area contributed by atoms with Gasteiger partial charge in [0, 0.05) is 23.3 Å². The Bertz CT molecular complexity index is 589. The van der Waals surface area contributed by atoms with E-state index in [0.717, 1.165) is 41.4 Å². The zero-order valence-corrected chi connectivity index (χ0v) is 13.5. The summed E-state index contributed by atoms with van der Waals surface area (Å²) in [7, 11) is 1.75. The fourth-order valence-corrected chi connectivity index (χ4v) is 3.64. The van der Waals surface area contributed by atoms with Gasteiger partial charge in [-0.15, -0.1) is 0 Å². The molecule has 2 nitrogen and oxygen atoms in total. The van der Waals surface area contributed by atoms with E-state index < -0.39 is 0 Å². The quantitative estimate of drug-likeness (QED) is 0.657. The molecule has 4 heteroatoms. The van der Waals surface area contributed by atoms with Crippen LogP contribution in [0.5, 0.6) is 0 Å². The zero-order valence-electron chi connectivity index (χ0n) is 10.6. The second-order valence-corrected chi connectivity index (χ2v) is 6.23. The smallest absolute Gasteiger partial charge is 0.148 e. The average Bonchev–Trinajstić information content (AvgIpc) is 2.77. The number of fused-ring (bicyclic) bond motifs is 1. The van der Waals surface area contributed by atoms with Crippen LogP contribution in [-0.2, 0) is 11.2 Å². The van der Waals surface area contributed by atoms with Crippen LogP contribution < -0.4 is 0 Å². The first kappa shape index (κ1) is 13.5. The van der Waals surface area contributed by atoms with E-state index in [1.165, 1.54) is 9.13 Å². The maximum atomic E-state index is 6.09. The minimum absolute atomic E-state index is 0.0957. The molecule has 0 radical (unpaired) electrons. The predicted octanol–water partition coefficient (Wildman–Crippen LogP) is 5.23. The Morgan fingerprint density at radius 1 is 1.32 bits per heavy atom. The summed E-state index contributed by atoms with van der Waals surface area (Å²) in [6.45, 7) is 0. The lowest BCUT2D eigenvalue weighted by Crippen LogP contribution is -2.09. The Kier molecular flexibility index (Phi) is 3.87. The fourth-order valence-electron chi connectivity index (χ4n) is 2.56. The van der Waals surface area contributed by atoms with Gasteiger partial charge in [0.25, 0.3) is 0 Å². The van der Waals surface area contributed by atoms with E-state index in [-0.39, 0.29) is 6.10 Å². The van der Waals surface area contributed by atoms with Gasteiger partial charge in [0.05, 0.1) is 3.57 Å². The van der Waals surface area contributed by atoms with E-state index >= 15 is 0 Å². The average molecular weight is 389 g/mol. The molecule has 0 amide bonds. The number of halogens is 2. The molecule has 0 bridgehead atoms. The number of rotatable bonds is 2. The zero-order chi connectivity index (χ0) is 13.4. The minimum Gasteiger partial charge on any atom is -0.457 e. The molecule has 19 heavy (non-hydrogen) atoms. The predicted molar refractivity (Wildman–Crippen MR) is 84.6 cm³/mol. The lowest BCUT2D eigenvalue weighted by molar-refractivity contribution is 0.0691. The highest BCUT2D eigenvalue weighted by atomic mass is 127. The fraction of sp³-hybridized carbons (Fsp3) is 0.333. The number of ether oxygens (including phenoxy) is 1. The molecule has 1 atom stereocenters.